The van der Waals surface area contributed by atoms with Gasteiger partial charge in [0.05, 0.1) is 30.8 Å². The van der Waals surface area contributed by atoms with Crippen molar-refractivity contribution in [1.29, 1.82) is 0 Å². The van der Waals surface area contributed by atoms with Crippen molar-refractivity contribution >= 4 is 11.8 Å². The maximum absolute atomic E-state index is 13.2. The predicted molar refractivity (Wildman–Crippen MR) is 92.6 cm³/mol. The first-order valence-electron chi connectivity index (χ1n) is 9.00. The summed E-state index contributed by atoms with van der Waals surface area (Å²) in [5.41, 5.74) is -4.46. The van der Waals surface area contributed by atoms with Crippen LogP contribution >= 0.6 is 0 Å². The van der Waals surface area contributed by atoms with Gasteiger partial charge < -0.3 is 30.3 Å². The molecule has 0 spiro atoms. The largest absolute Gasteiger partial charge is 0.507 e. The second kappa shape index (κ2) is 6.87. The number of carbonyl (C=O) groups is 2. The zero-order valence-electron chi connectivity index (χ0n) is 15.0. The van der Waals surface area contributed by atoms with Crippen molar-refractivity contribution in [2.75, 3.05) is 6.61 Å². The van der Waals surface area contributed by atoms with E-state index in [1.807, 2.05) is 0 Å². The molecule has 27 heavy (non-hydrogen) atoms. The van der Waals surface area contributed by atoms with Gasteiger partial charge in [-0.2, -0.15) is 0 Å². The molecule has 2 aliphatic rings. The van der Waals surface area contributed by atoms with Crippen molar-refractivity contribution in [2.45, 2.75) is 61.9 Å². The van der Waals surface area contributed by atoms with Crippen molar-refractivity contribution in [3.8, 4) is 5.75 Å². The van der Waals surface area contributed by atoms with Gasteiger partial charge in [0, 0.05) is 12.3 Å². The molecule has 3 unspecified atom stereocenters. The molecule has 1 aliphatic carbocycles. The Morgan fingerprint density at radius 3 is 2.63 bits per heavy atom. The molecule has 1 fully saturated rings. The highest BCUT2D eigenvalue weighted by molar-refractivity contribution is 6.08. The Kier molecular flexibility index (Phi) is 5.02. The molecule has 0 bridgehead atoms. The molecular weight excluding hydrogens is 356 g/mol. The van der Waals surface area contributed by atoms with Gasteiger partial charge in [-0.05, 0) is 18.1 Å². The van der Waals surface area contributed by atoms with Gasteiger partial charge in [0.2, 0.25) is 5.78 Å². The molecule has 8 heteroatoms. The fourth-order valence-corrected chi connectivity index (χ4v) is 4.56. The van der Waals surface area contributed by atoms with E-state index in [4.69, 9.17) is 9.84 Å². The number of benzene rings is 1. The minimum Gasteiger partial charge on any atom is -0.507 e. The second-order valence-corrected chi connectivity index (χ2v) is 7.33. The summed E-state index contributed by atoms with van der Waals surface area (Å²) < 4.78 is 5.72. The van der Waals surface area contributed by atoms with Crippen LogP contribution in [-0.4, -0.2) is 67.3 Å². The molecule has 1 saturated heterocycles. The Morgan fingerprint density at radius 2 is 2.04 bits per heavy atom. The van der Waals surface area contributed by atoms with E-state index >= 15 is 0 Å². The molecule has 8 nitrogen and oxygen atoms in total. The SMILES string of the molecule is CCC[C@@H]1O[C@H](CC(=O)O)CC2(O)C(CO)c3cccc(O)c3C(=O)C12O. The highest BCUT2D eigenvalue weighted by Gasteiger charge is 2.69. The number of carboxylic acid groups (broad SMARTS) is 1. The van der Waals surface area contributed by atoms with Crippen LogP contribution in [0.3, 0.4) is 0 Å². The third kappa shape index (κ3) is 2.75. The Labute approximate surface area is 156 Å². The second-order valence-electron chi connectivity index (χ2n) is 7.33. The van der Waals surface area contributed by atoms with Crippen LogP contribution in [0.5, 0.6) is 5.75 Å². The number of aliphatic carboxylic acids is 1. The van der Waals surface area contributed by atoms with Crippen molar-refractivity contribution in [1.82, 2.24) is 0 Å². The number of hydrogen-bond donors (Lipinski definition) is 5. The lowest BCUT2D eigenvalue weighted by molar-refractivity contribution is -0.264. The standard InChI is InChI=1S/C19H24O8/c1-2-4-14-19(26)17(24)16-11(5-3-6-13(16)21)12(9-20)18(19,25)8-10(27-14)7-15(22)23/h3,5-6,10,12,14,20-21,25-26H,2,4,7-9H2,1H3,(H,22,23)/t10-,12?,14+,18?,19?/m1/s1. The first-order valence-corrected chi connectivity index (χ1v) is 9.00. The first-order chi connectivity index (χ1) is 12.7. The average Bonchev–Trinajstić information content (AvgIpc) is 2.58. The summed E-state index contributed by atoms with van der Waals surface area (Å²) in [6, 6.07) is 4.28. The Morgan fingerprint density at radius 1 is 1.33 bits per heavy atom. The molecule has 0 amide bonds. The van der Waals surface area contributed by atoms with Crippen LogP contribution in [-0.2, 0) is 9.53 Å². The normalized spacial score (nSPS) is 35.4. The smallest absolute Gasteiger partial charge is 0.305 e. The van der Waals surface area contributed by atoms with E-state index in [1.54, 1.807) is 6.92 Å². The van der Waals surface area contributed by atoms with Crippen molar-refractivity contribution in [3.05, 3.63) is 29.3 Å². The third-order valence-electron chi connectivity index (χ3n) is 5.76. The van der Waals surface area contributed by atoms with E-state index < -0.39 is 54.1 Å². The first kappa shape index (κ1) is 19.8. The van der Waals surface area contributed by atoms with Gasteiger partial charge in [-0.3, -0.25) is 9.59 Å². The van der Waals surface area contributed by atoms with Gasteiger partial charge in [-0.25, -0.2) is 0 Å². The zero-order chi connectivity index (χ0) is 20.0. The van der Waals surface area contributed by atoms with Gasteiger partial charge in [-0.1, -0.05) is 25.5 Å². The molecule has 0 radical (unpaired) electrons. The predicted octanol–water partition coefficient (Wildman–Crippen LogP) is 0.559. The highest BCUT2D eigenvalue weighted by Crippen LogP contribution is 2.54. The molecule has 148 valence electrons. The monoisotopic (exact) mass is 380 g/mol. The van der Waals surface area contributed by atoms with Crippen molar-refractivity contribution in [3.63, 3.8) is 0 Å². The summed E-state index contributed by atoms with van der Waals surface area (Å²) in [6.07, 6.45) is -2.13. The molecule has 5 atom stereocenters. The number of fused-ring (bicyclic) bond motifs is 2. The van der Waals surface area contributed by atoms with E-state index in [1.165, 1.54) is 18.2 Å². The van der Waals surface area contributed by atoms with E-state index in [0.29, 0.717) is 6.42 Å². The van der Waals surface area contributed by atoms with E-state index in [2.05, 4.69) is 0 Å². The third-order valence-corrected chi connectivity index (χ3v) is 5.76. The number of aliphatic hydroxyl groups excluding tert-OH is 1. The molecule has 0 saturated carbocycles. The molecule has 5 N–H and O–H groups in total. The van der Waals surface area contributed by atoms with Crippen LogP contribution in [0, 0.1) is 0 Å². The average molecular weight is 380 g/mol. The quantitative estimate of drug-likeness (QED) is 0.498. The van der Waals surface area contributed by atoms with Crippen molar-refractivity contribution in [2.24, 2.45) is 0 Å². The molecule has 1 heterocycles. The fraction of sp³-hybridized carbons (Fsp3) is 0.579. The number of ketones is 1. The summed E-state index contributed by atoms with van der Waals surface area (Å²) in [5.74, 6) is -3.45. The van der Waals surface area contributed by atoms with E-state index in [9.17, 15) is 30.0 Å². The molecule has 3 rings (SSSR count). The van der Waals surface area contributed by atoms with Crippen LogP contribution in [0.1, 0.15) is 54.4 Å². The number of Topliss-reactive ketones (excluding diaryl/α,β-unsaturated/α-hetero) is 1. The number of aliphatic hydroxyl groups is 3. The topological polar surface area (TPSA) is 145 Å². The Hall–Kier alpha value is -2.00. The maximum Gasteiger partial charge on any atom is 0.305 e. The van der Waals surface area contributed by atoms with Crippen LogP contribution in [0.15, 0.2) is 18.2 Å². The number of hydrogen-bond acceptors (Lipinski definition) is 7. The van der Waals surface area contributed by atoms with Gasteiger partial charge in [-0.15, -0.1) is 0 Å². The summed E-state index contributed by atoms with van der Waals surface area (Å²) in [4.78, 5) is 24.4. The lowest BCUT2D eigenvalue weighted by atomic mass is 9.57. The number of phenolic OH excluding ortho intramolecular Hbond substituents is 1. The number of carboxylic acids is 1. The molecule has 1 aromatic carbocycles. The summed E-state index contributed by atoms with van der Waals surface area (Å²) in [5, 5.41) is 52.3. The minimum atomic E-state index is -2.41. The zero-order valence-corrected chi connectivity index (χ0v) is 15.0. The lowest BCUT2D eigenvalue weighted by Gasteiger charge is -2.57. The molecule has 1 aromatic rings. The van der Waals surface area contributed by atoms with Crippen LogP contribution in [0.2, 0.25) is 0 Å². The Balaban J connectivity index is 2.21. The number of aromatic hydroxyl groups is 1. The Bertz CT molecular complexity index is 762. The number of phenols is 1. The lowest BCUT2D eigenvalue weighted by Crippen LogP contribution is -2.75. The van der Waals surface area contributed by atoms with Gasteiger partial charge in [0.15, 0.2) is 5.60 Å². The molecule has 0 aromatic heterocycles. The fourth-order valence-electron chi connectivity index (χ4n) is 4.56. The number of rotatable bonds is 5. The minimum absolute atomic E-state index is 0.148. The molecule has 1 aliphatic heterocycles. The number of carbonyl (C=O) groups excluding carboxylic acids is 1. The van der Waals surface area contributed by atoms with Gasteiger partial charge in [0.1, 0.15) is 11.4 Å². The van der Waals surface area contributed by atoms with Gasteiger partial charge >= 0.3 is 5.97 Å². The summed E-state index contributed by atoms with van der Waals surface area (Å²) in [6.45, 7) is 1.20. The van der Waals surface area contributed by atoms with Gasteiger partial charge in [0.25, 0.3) is 0 Å². The molecular formula is C19H24O8. The van der Waals surface area contributed by atoms with E-state index in [-0.39, 0.29) is 29.7 Å². The van der Waals surface area contributed by atoms with E-state index in [0.717, 1.165) is 0 Å². The van der Waals surface area contributed by atoms with Crippen molar-refractivity contribution < 1.29 is 39.9 Å². The maximum atomic E-state index is 13.2. The summed E-state index contributed by atoms with van der Waals surface area (Å²) in [7, 11) is 0. The van der Waals surface area contributed by atoms with Crippen LogP contribution < -0.4 is 0 Å². The van der Waals surface area contributed by atoms with Crippen LogP contribution in [0.4, 0.5) is 0 Å². The summed E-state index contributed by atoms with van der Waals surface area (Å²) >= 11 is 0. The van der Waals surface area contributed by atoms with Crippen LogP contribution in [0.25, 0.3) is 0 Å². The highest BCUT2D eigenvalue weighted by atomic mass is 16.5. The number of ether oxygens (including phenoxy) is 1.